The molecule has 1 N–H and O–H groups in total. The number of esters is 1. The fraction of sp³-hybridized carbons (Fsp3) is 0.300. The summed E-state index contributed by atoms with van der Waals surface area (Å²) in [6, 6.07) is 10.1. The largest absolute Gasteiger partial charge is 0.497 e. The summed E-state index contributed by atoms with van der Waals surface area (Å²) in [5.74, 6) is -0.599. The summed E-state index contributed by atoms with van der Waals surface area (Å²) < 4.78 is 37.8. The number of benzene rings is 2. The first-order chi connectivity index (χ1) is 13.5. The van der Waals surface area contributed by atoms with E-state index >= 15 is 0 Å². The average molecular weight is 484 g/mol. The molecule has 0 aromatic heterocycles. The molecular formula is C20H22BrNO6S. The van der Waals surface area contributed by atoms with Crippen molar-refractivity contribution in [2.45, 2.75) is 37.8 Å². The van der Waals surface area contributed by atoms with Crippen LogP contribution in [0.5, 0.6) is 5.75 Å². The van der Waals surface area contributed by atoms with Gasteiger partial charge in [0.05, 0.1) is 17.6 Å². The predicted molar refractivity (Wildman–Crippen MR) is 112 cm³/mol. The highest BCUT2D eigenvalue weighted by Crippen LogP contribution is 2.23. The van der Waals surface area contributed by atoms with Crippen molar-refractivity contribution in [3.63, 3.8) is 0 Å². The Morgan fingerprint density at radius 3 is 2.21 bits per heavy atom. The molecule has 0 unspecified atom stereocenters. The van der Waals surface area contributed by atoms with Crippen molar-refractivity contribution in [3.05, 3.63) is 58.1 Å². The second kappa shape index (κ2) is 9.51. The second-order valence-electron chi connectivity index (χ2n) is 6.56. The van der Waals surface area contributed by atoms with E-state index in [2.05, 4.69) is 20.7 Å². The highest BCUT2D eigenvalue weighted by molar-refractivity contribution is 9.10. The number of methoxy groups -OCH3 is 1. The van der Waals surface area contributed by atoms with E-state index in [9.17, 15) is 18.0 Å². The number of hydrogen-bond acceptors (Lipinski definition) is 6. The van der Waals surface area contributed by atoms with Gasteiger partial charge in [0.25, 0.3) is 0 Å². The first-order valence-electron chi connectivity index (χ1n) is 8.76. The molecule has 0 amide bonds. The fourth-order valence-corrected chi connectivity index (χ4v) is 4.16. The number of halogens is 1. The topological polar surface area (TPSA) is 98.8 Å². The van der Waals surface area contributed by atoms with Gasteiger partial charge in [-0.2, -0.15) is 0 Å². The number of ketones is 1. The lowest BCUT2D eigenvalue weighted by Crippen LogP contribution is -2.30. The van der Waals surface area contributed by atoms with Gasteiger partial charge in [0.2, 0.25) is 15.8 Å². The zero-order valence-electron chi connectivity index (χ0n) is 16.4. The van der Waals surface area contributed by atoms with E-state index < -0.39 is 22.1 Å². The van der Waals surface area contributed by atoms with Gasteiger partial charge in [-0.15, -0.1) is 0 Å². The Bertz CT molecular complexity index is 1000. The van der Waals surface area contributed by atoms with Gasteiger partial charge in [0.1, 0.15) is 5.75 Å². The summed E-state index contributed by atoms with van der Waals surface area (Å²) in [6.07, 6.45) is -1.06. The van der Waals surface area contributed by atoms with Gasteiger partial charge in [-0.25, -0.2) is 17.9 Å². The van der Waals surface area contributed by atoms with Crippen molar-refractivity contribution < 1.29 is 27.5 Å². The maximum atomic E-state index is 12.6. The average Bonchev–Trinajstić information content (AvgIpc) is 2.66. The highest BCUT2D eigenvalue weighted by Gasteiger charge is 2.24. The van der Waals surface area contributed by atoms with E-state index in [0.717, 1.165) is 0 Å². The van der Waals surface area contributed by atoms with E-state index in [1.807, 2.05) is 0 Å². The number of carbonyl (C=O) groups is 2. The third kappa shape index (κ3) is 5.88. The molecule has 0 radical (unpaired) electrons. The number of Topliss-reactive ketones (excluding diaryl/α,β-unsaturated/α-hetero) is 1. The third-order valence-corrected chi connectivity index (χ3v) is 6.23. The summed E-state index contributed by atoms with van der Waals surface area (Å²) in [5, 5.41) is 0. The minimum absolute atomic E-state index is 0.00557. The molecule has 0 fully saturated rings. The standard InChI is InChI=1S/C20H22BrNO6S/c1-12(2)22-29(25,26)16-9-10-18(21)17(11-16)20(24)28-13(3)19(23)14-5-7-15(27-4)8-6-14/h5-13,22H,1-4H3/t13-/m0/s1. The van der Waals surface area contributed by atoms with Crippen molar-refractivity contribution >= 4 is 37.7 Å². The zero-order chi connectivity index (χ0) is 21.8. The molecule has 156 valence electrons. The Morgan fingerprint density at radius 1 is 1.03 bits per heavy atom. The van der Waals surface area contributed by atoms with Crippen LogP contribution in [0, 0.1) is 0 Å². The normalized spacial score (nSPS) is 12.5. The molecule has 2 aromatic rings. The van der Waals surface area contributed by atoms with Gasteiger partial charge in [-0.3, -0.25) is 4.79 Å². The van der Waals surface area contributed by atoms with Crippen LogP contribution in [0.2, 0.25) is 0 Å². The lowest BCUT2D eigenvalue weighted by Gasteiger charge is -2.15. The monoisotopic (exact) mass is 483 g/mol. The lowest BCUT2D eigenvalue weighted by molar-refractivity contribution is 0.0317. The van der Waals surface area contributed by atoms with Gasteiger partial charge < -0.3 is 9.47 Å². The van der Waals surface area contributed by atoms with Crippen LogP contribution in [0.4, 0.5) is 0 Å². The second-order valence-corrected chi connectivity index (χ2v) is 9.13. The number of sulfonamides is 1. The first kappa shape index (κ1) is 23.1. The molecule has 2 aromatic carbocycles. The Hall–Kier alpha value is -2.23. The molecular weight excluding hydrogens is 462 g/mol. The Labute approximate surface area is 178 Å². The van der Waals surface area contributed by atoms with E-state index in [-0.39, 0.29) is 22.3 Å². The summed E-state index contributed by atoms with van der Waals surface area (Å²) in [5.41, 5.74) is 0.369. The Balaban J connectivity index is 2.21. The number of rotatable bonds is 8. The molecule has 0 saturated heterocycles. The molecule has 2 rings (SSSR count). The van der Waals surface area contributed by atoms with Crippen LogP contribution in [0.1, 0.15) is 41.5 Å². The third-order valence-electron chi connectivity index (χ3n) is 3.89. The van der Waals surface area contributed by atoms with E-state index in [0.29, 0.717) is 15.8 Å². The van der Waals surface area contributed by atoms with Crippen molar-refractivity contribution in [2.24, 2.45) is 0 Å². The fourth-order valence-electron chi connectivity index (χ4n) is 2.47. The van der Waals surface area contributed by atoms with Gasteiger partial charge in [0, 0.05) is 16.1 Å². The SMILES string of the molecule is COc1ccc(C(=O)[C@H](C)OC(=O)c2cc(S(=O)(=O)NC(C)C)ccc2Br)cc1. The first-order valence-corrected chi connectivity index (χ1v) is 11.0. The molecule has 0 aliphatic heterocycles. The maximum absolute atomic E-state index is 12.6. The van der Waals surface area contributed by atoms with E-state index in [4.69, 9.17) is 9.47 Å². The zero-order valence-corrected chi connectivity index (χ0v) is 18.8. The van der Waals surface area contributed by atoms with Crippen LogP contribution in [0.15, 0.2) is 51.8 Å². The molecule has 0 aliphatic carbocycles. The van der Waals surface area contributed by atoms with Crippen LogP contribution in [0.25, 0.3) is 0 Å². The van der Waals surface area contributed by atoms with Gasteiger partial charge in [-0.05, 0) is 79.2 Å². The lowest BCUT2D eigenvalue weighted by atomic mass is 10.1. The van der Waals surface area contributed by atoms with E-state index in [1.54, 1.807) is 38.1 Å². The quantitative estimate of drug-likeness (QED) is 0.455. The van der Waals surface area contributed by atoms with Crippen LogP contribution >= 0.6 is 15.9 Å². The van der Waals surface area contributed by atoms with Gasteiger partial charge in [0.15, 0.2) is 6.10 Å². The summed E-state index contributed by atoms with van der Waals surface area (Å²) in [4.78, 5) is 25.0. The summed E-state index contributed by atoms with van der Waals surface area (Å²) in [7, 11) is -2.27. The van der Waals surface area contributed by atoms with Crippen molar-refractivity contribution in [1.82, 2.24) is 4.72 Å². The van der Waals surface area contributed by atoms with Crippen LogP contribution in [-0.4, -0.2) is 39.4 Å². The molecule has 9 heteroatoms. The Kier molecular flexibility index (Phi) is 7.56. The predicted octanol–water partition coefficient (Wildman–Crippen LogP) is 3.57. The summed E-state index contributed by atoms with van der Waals surface area (Å²) in [6.45, 7) is 4.84. The molecule has 1 atom stereocenters. The van der Waals surface area contributed by atoms with Gasteiger partial charge >= 0.3 is 5.97 Å². The number of ether oxygens (including phenoxy) is 2. The smallest absolute Gasteiger partial charge is 0.340 e. The molecule has 0 saturated carbocycles. The molecule has 0 aliphatic rings. The highest BCUT2D eigenvalue weighted by atomic mass is 79.9. The number of carbonyl (C=O) groups excluding carboxylic acids is 2. The summed E-state index contributed by atoms with van der Waals surface area (Å²) >= 11 is 3.22. The molecule has 0 heterocycles. The van der Waals surface area contributed by atoms with Crippen molar-refractivity contribution in [2.75, 3.05) is 7.11 Å². The van der Waals surface area contributed by atoms with Crippen LogP contribution in [-0.2, 0) is 14.8 Å². The minimum atomic E-state index is -3.78. The number of hydrogen-bond donors (Lipinski definition) is 1. The molecule has 0 bridgehead atoms. The Morgan fingerprint density at radius 2 is 1.66 bits per heavy atom. The van der Waals surface area contributed by atoms with Crippen LogP contribution in [0.3, 0.4) is 0 Å². The molecule has 29 heavy (non-hydrogen) atoms. The number of nitrogens with one attached hydrogen (secondary N) is 1. The maximum Gasteiger partial charge on any atom is 0.340 e. The van der Waals surface area contributed by atoms with Crippen molar-refractivity contribution in [1.29, 1.82) is 0 Å². The van der Waals surface area contributed by atoms with Gasteiger partial charge in [-0.1, -0.05) is 0 Å². The van der Waals surface area contributed by atoms with Crippen LogP contribution < -0.4 is 9.46 Å². The molecule has 0 spiro atoms. The van der Waals surface area contributed by atoms with Crippen molar-refractivity contribution in [3.8, 4) is 5.75 Å². The minimum Gasteiger partial charge on any atom is -0.497 e. The van der Waals surface area contributed by atoms with E-state index in [1.165, 1.54) is 32.2 Å². The molecule has 7 nitrogen and oxygen atoms in total.